The molecule has 0 saturated carbocycles. The Morgan fingerprint density at radius 1 is 1.08 bits per heavy atom. The van der Waals surface area contributed by atoms with Gasteiger partial charge in [-0.15, -0.1) is 5.10 Å². The van der Waals surface area contributed by atoms with Crippen LogP contribution >= 0.6 is 0 Å². The lowest BCUT2D eigenvalue weighted by molar-refractivity contribution is 0.355. The summed E-state index contributed by atoms with van der Waals surface area (Å²) in [6, 6.07) is 7.90. The van der Waals surface area contributed by atoms with Crippen molar-refractivity contribution in [2.24, 2.45) is 0 Å². The van der Waals surface area contributed by atoms with Gasteiger partial charge in [-0.25, -0.2) is 4.68 Å². The molecule has 7 heteroatoms. The lowest BCUT2D eigenvalue weighted by Gasteiger charge is -2.11. The first-order valence-corrected chi connectivity index (χ1v) is 8.45. The van der Waals surface area contributed by atoms with E-state index in [4.69, 9.17) is 9.47 Å². The van der Waals surface area contributed by atoms with Crippen LogP contribution in [0.15, 0.2) is 30.5 Å². The molecule has 130 valence electrons. The summed E-state index contributed by atoms with van der Waals surface area (Å²) in [5.74, 6) is 1.37. The van der Waals surface area contributed by atoms with Crippen molar-refractivity contribution in [1.82, 2.24) is 24.8 Å². The molecule has 3 aromatic rings. The van der Waals surface area contributed by atoms with Crippen LogP contribution in [0.4, 0.5) is 0 Å². The molecule has 1 aliphatic rings. The Kier molecular flexibility index (Phi) is 4.13. The number of hydrogen-bond acceptors (Lipinski definition) is 5. The highest BCUT2D eigenvalue weighted by Gasteiger charge is 2.14. The van der Waals surface area contributed by atoms with Gasteiger partial charge in [-0.3, -0.25) is 4.68 Å². The van der Waals surface area contributed by atoms with Crippen molar-refractivity contribution in [3.63, 3.8) is 0 Å². The molecule has 0 atom stereocenters. The van der Waals surface area contributed by atoms with Crippen LogP contribution in [0.25, 0.3) is 11.3 Å². The maximum atomic E-state index is 5.35. The van der Waals surface area contributed by atoms with Crippen molar-refractivity contribution < 1.29 is 9.47 Å². The third kappa shape index (κ3) is 3.09. The molecule has 0 spiro atoms. The van der Waals surface area contributed by atoms with Gasteiger partial charge >= 0.3 is 0 Å². The third-order valence-corrected chi connectivity index (χ3v) is 4.51. The monoisotopic (exact) mass is 339 g/mol. The Morgan fingerprint density at radius 3 is 2.76 bits per heavy atom. The van der Waals surface area contributed by atoms with Gasteiger partial charge in [0.15, 0.2) is 11.5 Å². The number of methoxy groups -OCH3 is 2. The first-order chi connectivity index (χ1) is 12.3. The average molecular weight is 339 g/mol. The molecule has 3 heterocycles. The molecule has 0 fully saturated rings. The first kappa shape index (κ1) is 15.7. The molecule has 0 amide bonds. The fourth-order valence-electron chi connectivity index (χ4n) is 3.22. The van der Waals surface area contributed by atoms with E-state index >= 15 is 0 Å². The molecule has 7 nitrogen and oxygen atoms in total. The average Bonchev–Trinajstić information content (AvgIpc) is 3.27. The van der Waals surface area contributed by atoms with E-state index in [0.29, 0.717) is 18.0 Å². The minimum absolute atomic E-state index is 0.625. The summed E-state index contributed by atoms with van der Waals surface area (Å²) < 4.78 is 14.6. The zero-order valence-electron chi connectivity index (χ0n) is 14.5. The molecule has 0 N–H and O–H groups in total. The van der Waals surface area contributed by atoms with Crippen molar-refractivity contribution in [1.29, 1.82) is 0 Å². The zero-order chi connectivity index (χ0) is 17.2. The summed E-state index contributed by atoms with van der Waals surface area (Å²) in [7, 11) is 3.25. The second-order valence-electron chi connectivity index (χ2n) is 6.18. The Bertz CT molecular complexity index is 860. The van der Waals surface area contributed by atoms with Crippen LogP contribution in [0, 0.1) is 0 Å². The highest BCUT2D eigenvalue weighted by molar-refractivity contribution is 5.63. The van der Waals surface area contributed by atoms with Gasteiger partial charge in [-0.1, -0.05) is 5.21 Å². The molecule has 1 aliphatic heterocycles. The van der Waals surface area contributed by atoms with Crippen LogP contribution in [0.5, 0.6) is 11.5 Å². The highest BCUT2D eigenvalue weighted by atomic mass is 16.5. The van der Waals surface area contributed by atoms with Crippen LogP contribution in [0.1, 0.15) is 24.2 Å². The second kappa shape index (κ2) is 6.58. The van der Waals surface area contributed by atoms with Crippen molar-refractivity contribution in [3.8, 4) is 22.8 Å². The normalized spacial score (nSPS) is 13.5. The lowest BCUT2D eigenvalue weighted by Crippen LogP contribution is -2.11. The van der Waals surface area contributed by atoms with Gasteiger partial charge in [0.05, 0.1) is 32.7 Å². The smallest absolute Gasteiger partial charge is 0.161 e. The van der Waals surface area contributed by atoms with Gasteiger partial charge in [-0.05, 0) is 43.5 Å². The number of fused-ring (bicyclic) bond motifs is 1. The summed E-state index contributed by atoms with van der Waals surface area (Å²) in [4.78, 5) is 0. The molecule has 0 radical (unpaired) electrons. The molecule has 0 saturated heterocycles. The van der Waals surface area contributed by atoms with Gasteiger partial charge in [0.25, 0.3) is 0 Å². The third-order valence-electron chi connectivity index (χ3n) is 4.51. The van der Waals surface area contributed by atoms with E-state index in [1.54, 1.807) is 14.2 Å². The zero-order valence-corrected chi connectivity index (χ0v) is 14.5. The number of benzene rings is 1. The second-order valence-corrected chi connectivity index (χ2v) is 6.18. The van der Waals surface area contributed by atoms with Gasteiger partial charge in [0.2, 0.25) is 0 Å². The summed E-state index contributed by atoms with van der Waals surface area (Å²) >= 11 is 0. The number of aryl methyl sites for hydroxylation is 2. The number of rotatable bonds is 5. The Labute approximate surface area is 146 Å². The summed E-state index contributed by atoms with van der Waals surface area (Å²) in [6.45, 7) is 1.64. The largest absolute Gasteiger partial charge is 0.493 e. The van der Waals surface area contributed by atoms with Gasteiger partial charge < -0.3 is 9.47 Å². The van der Waals surface area contributed by atoms with E-state index in [-0.39, 0.29) is 0 Å². The summed E-state index contributed by atoms with van der Waals surface area (Å²) in [5.41, 5.74) is 4.08. The number of aromatic nitrogens is 5. The van der Waals surface area contributed by atoms with E-state index in [0.717, 1.165) is 29.9 Å². The first-order valence-electron chi connectivity index (χ1n) is 8.45. The van der Waals surface area contributed by atoms with Crippen LogP contribution in [-0.4, -0.2) is 39.0 Å². The SMILES string of the molecule is COc1ccc(-c2cn(Cc3cc4n(n3)CCCC4)nn2)cc1OC. The standard InChI is InChI=1S/C18H21N5O2/c1-24-17-7-6-13(9-18(17)25-2)16-12-22(21-19-16)11-14-10-15-5-3-4-8-23(15)20-14/h6-7,9-10,12H,3-5,8,11H2,1-2H3. The predicted octanol–water partition coefficient (Wildman–Crippen LogP) is 2.54. The topological polar surface area (TPSA) is 67.0 Å². The van der Waals surface area contributed by atoms with Crippen LogP contribution in [-0.2, 0) is 19.5 Å². The minimum atomic E-state index is 0.625. The Hall–Kier alpha value is -2.83. The summed E-state index contributed by atoms with van der Waals surface area (Å²) in [6.07, 6.45) is 5.50. The van der Waals surface area contributed by atoms with Crippen LogP contribution in [0.2, 0.25) is 0 Å². The number of nitrogens with zero attached hydrogens (tertiary/aromatic N) is 5. The Balaban J connectivity index is 1.55. The van der Waals surface area contributed by atoms with Crippen molar-refractivity contribution in [3.05, 3.63) is 41.9 Å². The fourth-order valence-corrected chi connectivity index (χ4v) is 3.22. The number of ether oxygens (including phenoxy) is 2. The molecule has 25 heavy (non-hydrogen) atoms. The maximum Gasteiger partial charge on any atom is 0.161 e. The molecule has 4 rings (SSSR count). The highest BCUT2D eigenvalue weighted by Crippen LogP contribution is 2.31. The van der Waals surface area contributed by atoms with Gasteiger partial charge in [0.1, 0.15) is 5.69 Å². The van der Waals surface area contributed by atoms with E-state index in [2.05, 4.69) is 26.2 Å². The number of hydrogen-bond donors (Lipinski definition) is 0. The maximum absolute atomic E-state index is 5.35. The molecule has 0 bridgehead atoms. The summed E-state index contributed by atoms with van der Waals surface area (Å²) in [5, 5.41) is 13.2. The minimum Gasteiger partial charge on any atom is -0.493 e. The van der Waals surface area contributed by atoms with Gasteiger partial charge in [-0.2, -0.15) is 5.10 Å². The van der Waals surface area contributed by atoms with Gasteiger partial charge in [0, 0.05) is 17.8 Å². The molecule has 0 unspecified atom stereocenters. The molecule has 1 aromatic carbocycles. The van der Waals surface area contributed by atoms with E-state index < -0.39 is 0 Å². The fraction of sp³-hybridized carbons (Fsp3) is 0.389. The molecular formula is C18H21N5O2. The van der Waals surface area contributed by atoms with E-state index in [9.17, 15) is 0 Å². The van der Waals surface area contributed by atoms with Crippen molar-refractivity contribution in [2.75, 3.05) is 14.2 Å². The molecule has 2 aromatic heterocycles. The molecular weight excluding hydrogens is 318 g/mol. The van der Waals surface area contributed by atoms with Crippen LogP contribution in [0.3, 0.4) is 0 Å². The van der Waals surface area contributed by atoms with Crippen molar-refractivity contribution in [2.45, 2.75) is 32.4 Å². The predicted molar refractivity (Wildman–Crippen MR) is 92.8 cm³/mol. The lowest BCUT2D eigenvalue weighted by atomic mass is 10.1. The Morgan fingerprint density at radius 2 is 1.96 bits per heavy atom. The van der Waals surface area contributed by atoms with Crippen molar-refractivity contribution >= 4 is 0 Å². The quantitative estimate of drug-likeness (QED) is 0.715. The molecule has 0 aliphatic carbocycles. The van der Waals surface area contributed by atoms with E-state index in [1.165, 1.54) is 18.5 Å². The van der Waals surface area contributed by atoms with E-state index in [1.807, 2.05) is 29.1 Å². The van der Waals surface area contributed by atoms with Crippen LogP contribution < -0.4 is 9.47 Å².